The number of carbonyl (C=O) groups excluding carboxylic acids is 1. The second-order valence-corrected chi connectivity index (χ2v) is 4.29. The van der Waals surface area contributed by atoms with Gasteiger partial charge in [-0.25, -0.2) is 4.79 Å². The van der Waals surface area contributed by atoms with Gasteiger partial charge in [0.2, 0.25) is 0 Å². The van der Waals surface area contributed by atoms with E-state index in [0.29, 0.717) is 6.61 Å². The number of carbonyl (C=O) groups is 1. The predicted octanol–water partition coefficient (Wildman–Crippen LogP) is 2.61. The topological polar surface area (TPSA) is 29.5 Å². The summed E-state index contributed by atoms with van der Waals surface area (Å²) in [5, 5.41) is 0. The van der Waals surface area contributed by atoms with E-state index in [4.69, 9.17) is 4.74 Å². The fraction of sp³-hybridized carbons (Fsp3) is 0.500. The van der Waals surface area contributed by atoms with Gasteiger partial charge in [-0.3, -0.25) is 0 Å². The molecule has 0 N–H and O–H groups in total. The van der Waals surface area contributed by atoms with E-state index >= 15 is 0 Å². The first-order valence-corrected chi connectivity index (χ1v) is 6.31. The maximum Gasteiger partial charge on any atom is 0.328 e. The summed E-state index contributed by atoms with van der Waals surface area (Å²) in [5.74, 6) is -0.0870. The molecule has 1 aromatic carbocycles. The quantitative estimate of drug-likeness (QED) is 0.752. The number of anilines is 1. The zero-order valence-electron chi connectivity index (χ0n) is 10.3. The number of hydrogen-bond donors (Lipinski definition) is 0. The number of ether oxygens (including phenoxy) is 1. The van der Waals surface area contributed by atoms with Gasteiger partial charge in [0.05, 0.1) is 6.61 Å². The molecule has 1 aliphatic rings. The van der Waals surface area contributed by atoms with Crippen LogP contribution in [0.5, 0.6) is 0 Å². The predicted molar refractivity (Wildman–Crippen MR) is 68.1 cm³/mol. The highest BCUT2D eigenvalue weighted by molar-refractivity contribution is 5.80. The highest BCUT2D eigenvalue weighted by Gasteiger charge is 2.29. The van der Waals surface area contributed by atoms with Crippen molar-refractivity contribution in [2.45, 2.75) is 32.2 Å². The van der Waals surface area contributed by atoms with Crippen molar-refractivity contribution in [1.82, 2.24) is 0 Å². The molecule has 0 amide bonds. The SMILES string of the molecule is CCOC(=O)[C@H]1CCCCN1c1ccccc1. The highest BCUT2D eigenvalue weighted by Crippen LogP contribution is 2.25. The molecule has 1 heterocycles. The molecule has 0 spiro atoms. The molecule has 3 nitrogen and oxygen atoms in total. The molecule has 1 atom stereocenters. The van der Waals surface area contributed by atoms with E-state index in [1.165, 1.54) is 0 Å². The Morgan fingerprint density at radius 3 is 2.82 bits per heavy atom. The molecule has 1 aromatic rings. The lowest BCUT2D eigenvalue weighted by atomic mass is 10.0. The number of benzene rings is 1. The summed E-state index contributed by atoms with van der Waals surface area (Å²) in [5.41, 5.74) is 1.12. The van der Waals surface area contributed by atoms with Crippen LogP contribution in [0.15, 0.2) is 30.3 Å². The van der Waals surface area contributed by atoms with Crippen LogP contribution in [-0.4, -0.2) is 25.2 Å². The lowest BCUT2D eigenvalue weighted by Gasteiger charge is -2.35. The fourth-order valence-corrected chi connectivity index (χ4v) is 2.34. The van der Waals surface area contributed by atoms with Gasteiger partial charge >= 0.3 is 5.97 Å². The Balaban J connectivity index is 2.15. The molecular weight excluding hydrogens is 214 g/mol. The minimum absolute atomic E-state index is 0.0870. The van der Waals surface area contributed by atoms with Crippen LogP contribution in [0.25, 0.3) is 0 Å². The molecule has 0 unspecified atom stereocenters. The van der Waals surface area contributed by atoms with Gasteiger partial charge in [-0.15, -0.1) is 0 Å². The molecule has 0 saturated carbocycles. The van der Waals surface area contributed by atoms with Gasteiger partial charge in [-0.05, 0) is 38.3 Å². The second-order valence-electron chi connectivity index (χ2n) is 4.29. The number of esters is 1. The highest BCUT2D eigenvalue weighted by atomic mass is 16.5. The van der Waals surface area contributed by atoms with Gasteiger partial charge in [0.25, 0.3) is 0 Å². The smallest absolute Gasteiger partial charge is 0.328 e. The molecule has 0 aromatic heterocycles. The summed E-state index contributed by atoms with van der Waals surface area (Å²) in [7, 11) is 0. The third-order valence-corrected chi connectivity index (χ3v) is 3.15. The molecule has 0 radical (unpaired) electrons. The first kappa shape index (κ1) is 12.0. The van der Waals surface area contributed by atoms with E-state index in [1.807, 2.05) is 25.1 Å². The zero-order chi connectivity index (χ0) is 12.1. The maximum atomic E-state index is 11.9. The van der Waals surface area contributed by atoms with Crippen LogP contribution in [0.4, 0.5) is 5.69 Å². The lowest BCUT2D eigenvalue weighted by molar-refractivity contribution is -0.145. The van der Waals surface area contributed by atoms with Gasteiger partial charge in [-0.2, -0.15) is 0 Å². The molecule has 1 fully saturated rings. The van der Waals surface area contributed by atoms with E-state index in [9.17, 15) is 4.79 Å². The van der Waals surface area contributed by atoms with Crippen molar-refractivity contribution in [3.63, 3.8) is 0 Å². The molecule has 0 bridgehead atoms. The van der Waals surface area contributed by atoms with Crippen molar-refractivity contribution in [3.8, 4) is 0 Å². The zero-order valence-corrected chi connectivity index (χ0v) is 10.3. The van der Waals surface area contributed by atoms with Gasteiger partial charge < -0.3 is 9.64 Å². The van der Waals surface area contributed by atoms with Gasteiger partial charge in [-0.1, -0.05) is 18.2 Å². The average Bonchev–Trinajstić information content (AvgIpc) is 2.40. The maximum absolute atomic E-state index is 11.9. The molecule has 1 aliphatic heterocycles. The molecule has 2 rings (SSSR count). The number of hydrogen-bond acceptors (Lipinski definition) is 3. The first-order valence-electron chi connectivity index (χ1n) is 6.31. The van der Waals surface area contributed by atoms with Crippen LogP contribution in [-0.2, 0) is 9.53 Å². The van der Waals surface area contributed by atoms with Crippen molar-refractivity contribution < 1.29 is 9.53 Å². The Bertz CT molecular complexity index is 364. The molecular formula is C14H19NO2. The van der Waals surface area contributed by atoms with Gasteiger partial charge in [0.15, 0.2) is 0 Å². The third-order valence-electron chi connectivity index (χ3n) is 3.15. The Morgan fingerprint density at radius 1 is 1.35 bits per heavy atom. The van der Waals surface area contributed by atoms with Crippen LogP contribution < -0.4 is 4.90 Å². The Hall–Kier alpha value is -1.51. The summed E-state index contributed by atoms with van der Waals surface area (Å²) in [6, 6.07) is 10.0. The Labute approximate surface area is 102 Å². The first-order chi connectivity index (χ1) is 8.33. The largest absolute Gasteiger partial charge is 0.464 e. The number of para-hydroxylation sites is 1. The molecule has 3 heteroatoms. The van der Waals surface area contributed by atoms with Crippen molar-refractivity contribution in [1.29, 1.82) is 0 Å². The standard InChI is InChI=1S/C14H19NO2/c1-2-17-14(16)13-10-6-7-11-15(13)12-8-4-3-5-9-12/h3-5,8-9,13H,2,6-7,10-11H2,1H3/t13-/m1/s1. The van der Waals surface area contributed by atoms with Crippen molar-refractivity contribution >= 4 is 11.7 Å². The third kappa shape index (κ3) is 2.78. The minimum Gasteiger partial charge on any atom is -0.464 e. The molecule has 1 saturated heterocycles. The van der Waals surface area contributed by atoms with Gasteiger partial charge in [0, 0.05) is 12.2 Å². The number of nitrogens with zero attached hydrogens (tertiary/aromatic N) is 1. The molecule has 17 heavy (non-hydrogen) atoms. The van der Waals surface area contributed by atoms with Crippen LogP contribution in [0.2, 0.25) is 0 Å². The summed E-state index contributed by atoms with van der Waals surface area (Å²) in [4.78, 5) is 14.1. The van der Waals surface area contributed by atoms with Crippen molar-refractivity contribution in [3.05, 3.63) is 30.3 Å². The monoisotopic (exact) mass is 233 g/mol. The van der Waals surface area contributed by atoms with E-state index in [-0.39, 0.29) is 12.0 Å². The summed E-state index contributed by atoms with van der Waals surface area (Å²) < 4.78 is 5.15. The second kappa shape index (κ2) is 5.71. The van der Waals surface area contributed by atoms with Crippen LogP contribution in [0.1, 0.15) is 26.2 Å². The number of rotatable bonds is 3. The molecule has 0 aliphatic carbocycles. The number of piperidine rings is 1. The van der Waals surface area contributed by atoms with Crippen LogP contribution >= 0.6 is 0 Å². The molecule has 92 valence electrons. The van der Waals surface area contributed by atoms with Crippen LogP contribution in [0.3, 0.4) is 0 Å². The normalized spacial score (nSPS) is 20.1. The van der Waals surface area contributed by atoms with E-state index in [2.05, 4.69) is 17.0 Å². The Morgan fingerprint density at radius 2 is 2.12 bits per heavy atom. The lowest BCUT2D eigenvalue weighted by Crippen LogP contribution is -2.45. The minimum atomic E-state index is -0.105. The summed E-state index contributed by atoms with van der Waals surface area (Å²) in [6.07, 6.45) is 3.14. The van der Waals surface area contributed by atoms with Gasteiger partial charge in [0.1, 0.15) is 6.04 Å². The van der Waals surface area contributed by atoms with E-state index < -0.39 is 0 Å². The van der Waals surface area contributed by atoms with Crippen LogP contribution in [0, 0.1) is 0 Å². The summed E-state index contributed by atoms with van der Waals surface area (Å²) in [6.45, 7) is 3.25. The Kier molecular flexibility index (Phi) is 4.02. The fourth-order valence-electron chi connectivity index (χ4n) is 2.34. The summed E-state index contributed by atoms with van der Waals surface area (Å²) >= 11 is 0. The van der Waals surface area contributed by atoms with Crippen molar-refractivity contribution in [2.24, 2.45) is 0 Å². The van der Waals surface area contributed by atoms with E-state index in [0.717, 1.165) is 31.5 Å². The average molecular weight is 233 g/mol. The van der Waals surface area contributed by atoms with E-state index in [1.54, 1.807) is 0 Å². The van der Waals surface area contributed by atoms with Crippen molar-refractivity contribution in [2.75, 3.05) is 18.1 Å².